The van der Waals surface area contributed by atoms with Gasteiger partial charge in [-0.25, -0.2) is 9.78 Å². The quantitative estimate of drug-likeness (QED) is 0.225. The van der Waals surface area contributed by atoms with Crippen molar-refractivity contribution in [1.82, 2.24) is 18.7 Å². The molecule has 0 amide bonds. The number of aryl methyl sites for hydroxylation is 1. The molecule has 1 unspecified atom stereocenters. The molecule has 0 bridgehead atoms. The lowest BCUT2D eigenvalue weighted by atomic mass is 10.0. The van der Waals surface area contributed by atoms with Gasteiger partial charge in [0.05, 0.1) is 39.8 Å². The van der Waals surface area contributed by atoms with Crippen LogP contribution in [0.5, 0.6) is 0 Å². The molecule has 22 heteroatoms. The molecule has 3 aromatic heterocycles. The van der Waals surface area contributed by atoms with Gasteiger partial charge in [-0.2, -0.15) is 48.4 Å². The van der Waals surface area contributed by atoms with Gasteiger partial charge in [0.2, 0.25) is 0 Å². The highest BCUT2D eigenvalue weighted by Crippen LogP contribution is 2.45. The van der Waals surface area contributed by atoms with Gasteiger partial charge >= 0.3 is 36.9 Å². The third-order valence-electron chi connectivity index (χ3n) is 6.48. The number of aromatic nitrogens is 4. The summed E-state index contributed by atoms with van der Waals surface area (Å²) in [7, 11) is -10.5. The number of thiazole rings is 1. The van der Waals surface area contributed by atoms with Crippen molar-refractivity contribution in [2.24, 2.45) is 14.1 Å². The number of hydrogen-bond acceptors (Lipinski definition) is 10. The molecular formula is C23H16ClF6N5O7S3. The summed E-state index contributed by atoms with van der Waals surface area (Å²) in [6.45, 7) is 0.676. The highest BCUT2D eigenvalue weighted by atomic mass is 35.5. The van der Waals surface area contributed by atoms with Gasteiger partial charge in [0, 0.05) is 31.6 Å². The zero-order chi connectivity index (χ0) is 33.9. The van der Waals surface area contributed by atoms with Gasteiger partial charge in [-0.05, 0) is 18.6 Å². The van der Waals surface area contributed by atoms with Gasteiger partial charge in [-0.3, -0.25) is 13.9 Å². The maximum atomic E-state index is 13.2. The molecule has 1 atom stereocenters. The van der Waals surface area contributed by atoms with E-state index in [1.807, 2.05) is 9.70 Å². The van der Waals surface area contributed by atoms with Gasteiger partial charge in [0.15, 0.2) is 0 Å². The molecule has 1 aliphatic heterocycles. The number of hydrogen-bond donors (Lipinski definition) is 0. The Morgan fingerprint density at radius 3 is 2.16 bits per heavy atom. The van der Waals surface area contributed by atoms with E-state index in [1.54, 1.807) is 30.6 Å². The average Bonchev–Trinajstić information content (AvgIpc) is 3.63. The normalized spacial score (nSPS) is 15.4. The molecule has 0 saturated heterocycles. The van der Waals surface area contributed by atoms with E-state index in [0.29, 0.717) is 28.2 Å². The molecule has 0 N–H and O–H groups in total. The highest BCUT2D eigenvalue weighted by Gasteiger charge is 2.57. The van der Waals surface area contributed by atoms with Crippen molar-refractivity contribution in [3.05, 3.63) is 71.9 Å². The molecular weight excluding hydrogens is 704 g/mol. The molecule has 12 nitrogen and oxygen atoms in total. The van der Waals surface area contributed by atoms with Crippen LogP contribution in [0.25, 0.3) is 22.2 Å². The van der Waals surface area contributed by atoms with E-state index in [9.17, 15) is 58.0 Å². The largest absolute Gasteiger partial charge is 0.524 e. The molecule has 0 fully saturated rings. The van der Waals surface area contributed by atoms with Crippen LogP contribution in [0.3, 0.4) is 0 Å². The summed E-state index contributed by atoms with van der Waals surface area (Å²) in [5.74, 6) is -0.0596. The SMILES string of the molecule is Cn1c(=O)c2c(-c3cccc(C#N)c3)n3c(c2n(C)c1=O)C(c1nc(Cl)cs1)CC3.O=S(=O)(OS(=O)(=O)C(F)(F)F)C(F)(F)F. The Morgan fingerprint density at radius 1 is 1.04 bits per heavy atom. The van der Waals surface area contributed by atoms with Crippen LogP contribution in [0.4, 0.5) is 26.3 Å². The van der Waals surface area contributed by atoms with Gasteiger partial charge < -0.3 is 4.57 Å². The first-order valence-electron chi connectivity index (χ1n) is 11.9. The molecule has 4 heterocycles. The van der Waals surface area contributed by atoms with Crippen LogP contribution in [-0.4, -0.2) is 46.5 Å². The maximum Gasteiger partial charge on any atom is 0.524 e. The Hall–Kier alpha value is -3.71. The predicted molar refractivity (Wildman–Crippen MR) is 147 cm³/mol. The van der Waals surface area contributed by atoms with E-state index in [4.69, 9.17) is 11.6 Å². The number of alkyl halides is 6. The van der Waals surface area contributed by atoms with Gasteiger partial charge in [-0.1, -0.05) is 23.7 Å². The van der Waals surface area contributed by atoms with Crippen molar-refractivity contribution < 1.29 is 46.8 Å². The average molecular weight is 720 g/mol. The number of benzene rings is 1. The minimum absolute atomic E-state index is 0.0596. The summed E-state index contributed by atoms with van der Waals surface area (Å²) in [5, 5.41) is 12.9. The van der Waals surface area contributed by atoms with E-state index >= 15 is 0 Å². The summed E-state index contributed by atoms with van der Waals surface area (Å²) in [4.78, 5) is 30.4. The fourth-order valence-corrected chi connectivity index (χ4v) is 7.27. The van der Waals surface area contributed by atoms with E-state index in [-0.39, 0.29) is 17.2 Å². The molecule has 0 aliphatic carbocycles. The standard InChI is InChI=1S/C21H16ClN5O2S.C2F6O5S2/c1-25-18-15(20(28)26(2)21(25)29)16(12-5-3-4-11(8-12)9-23)27-7-6-13(17(18)27)19-24-14(22)10-30-19;3-1(4,5)14(9,10)13-15(11,12)2(6,7)8/h3-5,8,10,13H,6-7H2,1-2H3;. The minimum atomic E-state index is -6.85. The van der Waals surface area contributed by atoms with Crippen molar-refractivity contribution in [2.75, 3.05) is 0 Å². The van der Waals surface area contributed by atoms with Gasteiger partial charge in [0.25, 0.3) is 5.56 Å². The summed E-state index contributed by atoms with van der Waals surface area (Å²) >= 11 is 7.55. The van der Waals surface area contributed by atoms with Gasteiger partial charge in [0.1, 0.15) is 10.2 Å². The first-order valence-corrected chi connectivity index (χ1v) is 16.0. The Morgan fingerprint density at radius 2 is 1.64 bits per heavy atom. The van der Waals surface area contributed by atoms with Crippen LogP contribution in [0.2, 0.25) is 5.15 Å². The van der Waals surface area contributed by atoms with Crippen LogP contribution < -0.4 is 11.2 Å². The molecule has 242 valence electrons. The van der Waals surface area contributed by atoms with E-state index in [1.165, 1.54) is 23.0 Å². The number of nitrogens with zero attached hydrogens (tertiary/aromatic N) is 5. The maximum absolute atomic E-state index is 13.2. The lowest BCUT2D eigenvalue weighted by molar-refractivity contribution is -0.0585. The topological polar surface area (TPSA) is 163 Å². The molecule has 1 aromatic carbocycles. The second kappa shape index (κ2) is 11.6. The molecule has 4 aromatic rings. The minimum Gasteiger partial charge on any atom is -0.341 e. The van der Waals surface area contributed by atoms with Crippen LogP contribution in [0.1, 0.15) is 28.6 Å². The zero-order valence-electron chi connectivity index (χ0n) is 22.3. The summed E-state index contributed by atoms with van der Waals surface area (Å²) < 4.78 is 115. The number of rotatable bonds is 4. The number of fused-ring (bicyclic) bond motifs is 3. The third kappa shape index (κ3) is 6.11. The first kappa shape index (κ1) is 34.2. The Bertz CT molecular complexity index is 2170. The fraction of sp³-hybridized carbons (Fsp3) is 0.304. The van der Waals surface area contributed by atoms with E-state index in [0.717, 1.165) is 32.9 Å². The molecule has 1 aliphatic rings. The van der Waals surface area contributed by atoms with Crippen molar-refractivity contribution in [3.8, 4) is 17.3 Å². The van der Waals surface area contributed by atoms with Crippen LogP contribution in [0.15, 0.2) is 39.2 Å². The second-order valence-electron chi connectivity index (χ2n) is 9.22. The fourth-order valence-electron chi connectivity index (χ4n) is 4.62. The summed E-state index contributed by atoms with van der Waals surface area (Å²) in [6.07, 6.45) is 0.795. The predicted octanol–water partition coefficient (Wildman–Crippen LogP) is 3.93. The number of nitriles is 1. The van der Waals surface area contributed by atoms with Gasteiger partial charge in [-0.15, -0.1) is 15.0 Å². The summed E-state index contributed by atoms with van der Waals surface area (Å²) in [5.41, 5.74) is -9.70. The monoisotopic (exact) mass is 719 g/mol. The van der Waals surface area contributed by atoms with Crippen LogP contribution >= 0.6 is 22.9 Å². The van der Waals surface area contributed by atoms with Crippen molar-refractivity contribution in [2.45, 2.75) is 29.9 Å². The second-order valence-corrected chi connectivity index (χ2v) is 13.8. The lowest BCUT2D eigenvalue weighted by Crippen LogP contribution is -2.37. The van der Waals surface area contributed by atoms with Crippen LogP contribution in [0, 0.1) is 11.3 Å². The lowest BCUT2D eigenvalue weighted by Gasteiger charge is -2.10. The van der Waals surface area contributed by atoms with Crippen LogP contribution in [-0.2, 0) is 44.5 Å². The number of halogens is 7. The van der Waals surface area contributed by atoms with Crippen molar-refractivity contribution >= 4 is 54.1 Å². The van der Waals surface area contributed by atoms with E-state index in [2.05, 4.69) is 15.6 Å². The summed E-state index contributed by atoms with van der Waals surface area (Å²) in [6, 6.07) is 9.36. The molecule has 45 heavy (non-hydrogen) atoms. The van der Waals surface area contributed by atoms with Crippen molar-refractivity contribution in [3.63, 3.8) is 0 Å². The highest BCUT2D eigenvalue weighted by molar-refractivity contribution is 8.00. The molecule has 5 rings (SSSR count). The molecule has 0 radical (unpaired) electrons. The van der Waals surface area contributed by atoms with E-state index < -0.39 is 31.3 Å². The third-order valence-corrected chi connectivity index (χ3v) is 10.3. The molecule has 0 saturated carbocycles. The Kier molecular flexibility index (Phi) is 8.79. The Balaban J connectivity index is 0.000000262. The zero-order valence-corrected chi connectivity index (χ0v) is 25.5. The Labute approximate surface area is 257 Å². The van der Waals surface area contributed by atoms with Crippen molar-refractivity contribution in [1.29, 1.82) is 5.26 Å². The smallest absolute Gasteiger partial charge is 0.341 e. The first-order chi connectivity index (χ1) is 20.6. The molecule has 0 spiro atoms.